The molecule has 0 aromatic carbocycles. The summed E-state index contributed by atoms with van der Waals surface area (Å²) in [5, 5.41) is 12.2. The summed E-state index contributed by atoms with van der Waals surface area (Å²) < 4.78 is 5.27. The Morgan fingerprint density at radius 3 is 3.06 bits per heavy atom. The second-order valence-electron chi connectivity index (χ2n) is 4.48. The third-order valence-electron chi connectivity index (χ3n) is 2.55. The first-order valence-electron chi connectivity index (χ1n) is 6.02. The number of β-amino-alcohol motifs (C(OH)–C–C–N with tert-alkyl or cyclic N) is 1. The molecule has 1 aliphatic heterocycles. The molecule has 0 radical (unpaired) electrons. The number of amides is 2. The lowest BCUT2D eigenvalue weighted by molar-refractivity contribution is 0.0830. The lowest BCUT2D eigenvalue weighted by Crippen LogP contribution is -2.47. The van der Waals surface area contributed by atoms with Crippen molar-refractivity contribution in [2.45, 2.75) is 25.9 Å². The number of aliphatic hydroxyl groups is 1. The topological polar surface area (TPSA) is 61.8 Å². The Labute approximate surface area is 102 Å². The second kappa shape index (κ2) is 7.29. The molecule has 0 saturated carbocycles. The van der Waals surface area contributed by atoms with Gasteiger partial charge in [-0.15, -0.1) is 0 Å². The molecule has 5 heteroatoms. The molecule has 1 saturated heterocycles. The highest BCUT2D eigenvalue weighted by Gasteiger charge is 2.21. The quantitative estimate of drug-likeness (QED) is 0.552. The molecule has 1 fully saturated rings. The SMILES string of the molecule is C=C(C)COCCNC(=O)N1CCCC(O)C1. The molecule has 0 bridgehead atoms. The summed E-state index contributed by atoms with van der Waals surface area (Å²) in [7, 11) is 0. The smallest absolute Gasteiger partial charge is 0.317 e. The van der Waals surface area contributed by atoms with Crippen LogP contribution in [0.25, 0.3) is 0 Å². The van der Waals surface area contributed by atoms with E-state index in [0.717, 1.165) is 25.0 Å². The van der Waals surface area contributed by atoms with Crippen molar-refractivity contribution in [2.24, 2.45) is 0 Å². The van der Waals surface area contributed by atoms with Crippen LogP contribution in [0.1, 0.15) is 19.8 Å². The van der Waals surface area contributed by atoms with Crippen molar-refractivity contribution in [2.75, 3.05) is 32.8 Å². The predicted octanol–water partition coefficient (Wildman–Crippen LogP) is 0.745. The van der Waals surface area contributed by atoms with Crippen LogP contribution in [-0.2, 0) is 4.74 Å². The maximum absolute atomic E-state index is 11.7. The minimum atomic E-state index is -0.380. The fourth-order valence-electron chi connectivity index (χ4n) is 1.73. The lowest BCUT2D eigenvalue weighted by atomic mass is 10.1. The summed E-state index contributed by atoms with van der Waals surface area (Å²) in [5.74, 6) is 0. The highest BCUT2D eigenvalue weighted by molar-refractivity contribution is 5.74. The first kappa shape index (κ1) is 14.0. The summed E-state index contributed by atoms with van der Waals surface area (Å²) in [6.07, 6.45) is 1.26. The van der Waals surface area contributed by atoms with Gasteiger partial charge in [-0.2, -0.15) is 0 Å². The zero-order chi connectivity index (χ0) is 12.7. The van der Waals surface area contributed by atoms with E-state index in [4.69, 9.17) is 4.74 Å². The average molecular weight is 242 g/mol. The summed E-state index contributed by atoms with van der Waals surface area (Å²) in [6, 6.07) is -0.123. The Morgan fingerprint density at radius 1 is 1.65 bits per heavy atom. The van der Waals surface area contributed by atoms with Gasteiger partial charge in [0.1, 0.15) is 0 Å². The van der Waals surface area contributed by atoms with Gasteiger partial charge in [0, 0.05) is 19.6 Å². The van der Waals surface area contributed by atoms with Gasteiger partial charge < -0.3 is 20.1 Å². The van der Waals surface area contributed by atoms with Gasteiger partial charge in [-0.25, -0.2) is 4.79 Å². The number of carbonyl (C=O) groups excluding carboxylic acids is 1. The number of ether oxygens (including phenoxy) is 1. The third-order valence-corrected chi connectivity index (χ3v) is 2.55. The normalized spacial score (nSPS) is 20.1. The van der Waals surface area contributed by atoms with Crippen molar-refractivity contribution >= 4 is 6.03 Å². The molecule has 0 spiro atoms. The van der Waals surface area contributed by atoms with E-state index < -0.39 is 0 Å². The van der Waals surface area contributed by atoms with Gasteiger partial charge >= 0.3 is 6.03 Å². The number of piperidine rings is 1. The molecule has 2 N–H and O–H groups in total. The van der Waals surface area contributed by atoms with Gasteiger partial charge in [0.2, 0.25) is 0 Å². The van der Waals surface area contributed by atoms with Crippen molar-refractivity contribution in [1.29, 1.82) is 0 Å². The van der Waals surface area contributed by atoms with Crippen molar-refractivity contribution in [3.63, 3.8) is 0 Å². The number of carbonyl (C=O) groups is 1. The third kappa shape index (κ3) is 5.70. The van der Waals surface area contributed by atoms with Crippen molar-refractivity contribution < 1.29 is 14.6 Å². The van der Waals surface area contributed by atoms with Crippen LogP contribution in [0.15, 0.2) is 12.2 Å². The van der Waals surface area contributed by atoms with Gasteiger partial charge in [-0.05, 0) is 19.8 Å². The number of rotatable bonds is 5. The minimum absolute atomic E-state index is 0.123. The fraction of sp³-hybridized carbons (Fsp3) is 0.750. The van der Waals surface area contributed by atoms with Crippen LogP contribution in [0.5, 0.6) is 0 Å². The molecule has 0 aliphatic carbocycles. The van der Waals surface area contributed by atoms with Gasteiger partial charge in [0.25, 0.3) is 0 Å². The average Bonchev–Trinajstić information content (AvgIpc) is 2.28. The monoisotopic (exact) mass is 242 g/mol. The molecule has 17 heavy (non-hydrogen) atoms. The number of nitrogens with one attached hydrogen (secondary N) is 1. The Kier molecular flexibility index (Phi) is 6.00. The fourth-order valence-corrected chi connectivity index (χ4v) is 1.73. The molecule has 98 valence electrons. The van der Waals surface area contributed by atoms with Crippen LogP contribution in [-0.4, -0.2) is 55.0 Å². The molecule has 0 aromatic heterocycles. The van der Waals surface area contributed by atoms with Crippen molar-refractivity contribution in [3.8, 4) is 0 Å². The van der Waals surface area contributed by atoms with E-state index in [-0.39, 0.29) is 12.1 Å². The maximum Gasteiger partial charge on any atom is 0.317 e. The molecule has 1 unspecified atom stereocenters. The Morgan fingerprint density at radius 2 is 2.41 bits per heavy atom. The molecule has 2 amide bonds. The van der Waals surface area contributed by atoms with E-state index in [2.05, 4.69) is 11.9 Å². The van der Waals surface area contributed by atoms with E-state index in [9.17, 15) is 9.90 Å². The van der Waals surface area contributed by atoms with Gasteiger partial charge in [-0.1, -0.05) is 12.2 Å². The molecule has 1 rings (SSSR count). The zero-order valence-corrected chi connectivity index (χ0v) is 10.4. The Bertz CT molecular complexity index is 268. The van der Waals surface area contributed by atoms with Crippen LogP contribution in [0.2, 0.25) is 0 Å². The summed E-state index contributed by atoms with van der Waals surface area (Å²) in [4.78, 5) is 13.3. The number of likely N-dealkylation sites (tertiary alicyclic amines) is 1. The molecular weight excluding hydrogens is 220 g/mol. The van der Waals surface area contributed by atoms with E-state index in [1.807, 2.05) is 6.92 Å². The molecule has 1 atom stereocenters. The second-order valence-corrected chi connectivity index (χ2v) is 4.48. The van der Waals surface area contributed by atoms with Crippen LogP contribution >= 0.6 is 0 Å². The predicted molar refractivity (Wildman–Crippen MR) is 65.8 cm³/mol. The first-order chi connectivity index (χ1) is 8.09. The lowest BCUT2D eigenvalue weighted by Gasteiger charge is -2.30. The standard InChI is InChI=1S/C12H22N2O3/c1-10(2)9-17-7-5-13-12(16)14-6-3-4-11(15)8-14/h11,15H,1,3-9H2,2H3,(H,13,16). The molecule has 1 heterocycles. The van der Waals surface area contributed by atoms with E-state index in [0.29, 0.717) is 26.3 Å². The van der Waals surface area contributed by atoms with Crippen molar-refractivity contribution in [1.82, 2.24) is 10.2 Å². The number of hydrogen-bond donors (Lipinski definition) is 2. The molecule has 5 nitrogen and oxygen atoms in total. The first-order valence-corrected chi connectivity index (χ1v) is 6.02. The molecular formula is C12H22N2O3. The van der Waals surface area contributed by atoms with E-state index in [1.165, 1.54) is 0 Å². The van der Waals surface area contributed by atoms with Crippen LogP contribution in [0.3, 0.4) is 0 Å². The highest BCUT2D eigenvalue weighted by Crippen LogP contribution is 2.09. The summed E-state index contributed by atoms with van der Waals surface area (Å²) in [5.41, 5.74) is 0.968. The van der Waals surface area contributed by atoms with Gasteiger partial charge in [0.05, 0.1) is 19.3 Å². The highest BCUT2D eigenvalue weighted by atomic mass is 16.5. The van der Waals surface area contributed by atoms with Crippen molar-refractivity contribution in [3.05, 3.63) is 12.2 Å². The molecule has 0 aromatic rings. The summed E-state index contributed by atoms with van der Waals surface area (Å²) in [6.45, 7) is 8.26. The zero-order valence-electron chi connectivity index (χ0n) is 10.4. The van der Waals surface area contributed by atoms with E-state index >= 15 is 0 Å². The van der Waals surface area contributed by atoms with Crippen LogP contribution < -0.4 is 5.32 Å². The largest absolute Gasteiger partial charge is 0.391 e. The Hall–Kier alpha value is -1.07. The number of hydrogen-bond acceptors (Lipinski definition) is 3. The van der Waals surface area contributed by atoms with E-state index in [1.54, 1.807) is 4.90 Å². The number of urea groups is 1. The van der Waals surface area contributed by atoms with Crippen LogP contribution in [0.4, 0.5) is 4.79 Å². The van der Waals surface area contributed by atoms with Crippen LogP contribution in [0, 0.1) is 0 Å². The maximum atomic E-state index is 11.7. The Balaban J connectivity index is 2.10. The summed E-state index contributed by atoms with van der Waals surface area (Å²) >= 11 is 0. The minimum Gasteiger partial charge on any atom is -0.391 e. The van der Waals surface area contributed by atoms with Gasteiger partial charge in [-0.3, -0.25) is 0 Å². The molecule has 1 aliphatic rings. The number of aliphatic hydroxyl groups excluding tert-OH is 1. The van der Waals surface area contributed by atoms with Gasteiger partial charge in [0.15, 0.2) is 0 Å². The number of nitrogens with zero attached hydrogens (tertiary/aromatic N) is 1.